The molecule has 5 nitrogen and oxygen atoms in total. The lowest BCUT2D eigenvalue weighted by molar-refractivity contribution is -0.120. The minimum atomic E-state index is -0.0484. The van der Waals surface area contributed by atoms with E-state index < -0.39 is 0 Å². The number of carbonyl (C=O) groups is 1. The van der Waals surface area contributed by atoms with Crippen molar-refractivity contribution < 1.29 is 19.4 Å². The molecule has 5 heteroatoms. The molecule has 0 fully saturated rings. The van der Waals surface area contributed by atoms with Gasteiger partial charge in [0.15, 0.2) is 0 Å². The Morgan fingerprint density at radius 2 is 2.00 bits per heavy atom. The van der Waals surface area contributed by atoms with Gasteiger partial charge in [-0.05, 0) is 17.7 Å². The van der Waals surface area contributed by atoms with Gasteiger partial charge < -0.3 is 19.9 Å². The molecule has 0 saturated heterocycles. The first kappa shape index (κ1) is 14.5. The number of benzene rings is 1. The Morgan fingerprint density at radius 1 is 1.28 bits per heavy atom. The van der Waals surface area contributed by atoms with Crippen LogP contribution in [0.5, 0.6) is 5.75 Å². The van der Waals surface area contributed by atoms with Gasteiger partial charge in [-0.1, -0.05) is 12.1 Å². The second-order valence-electron chi connectivity index (χ2n) is 3.71. The molecular formula is C13H19NO4. The molecule has 2 N–H and O–H groups in total. The average molecular weight is 253 g/mol. The molecule has 0 atom stereocenters. The van der Waals surface area contributed by atoms with Crippen molar-refractivity contribution in [1.29, 1.82) is 0 Å². The van der Waals surface area contributed by atoms with E-state index in [2.05, 4.69) is 5.32 Å². The minimum Gasteiger partial charge on any atom is -0.497 e. The summed E-state index contributed by atoms with van der Waals surface area (Å²) in [5, 5.41) is 11.2. The molecule has 0 unspecified atom stereocenters. The maximum atomic E-state index is 11.6. The molecule has 0 bridgehead atoms. The van der Waals surface area contributed by atoms with Gasteiger partial charge >= 0.3 is 0 Å². The number of ether oxygens (including phenoxy) is 2. The van der Waals surface area contributed by atoms with Gasteiger partial charge in [-0.25, -0.2) is 0 Å². The van der Waals surface area contributed by atoms with E-state index in [9.17, 15) is 4.79 Å². The third kappa shape index (κ3) is 5.65. The van der Waals surface area contributed by atoms with Crippen molar-refractivity contribution in [3.8, 4) is 5.75 Å². The Hall–Kier alpha value is -1.59. The number of amides is 1. The lowest BCUT2D eigenvalue weighted by Gasteiger charge is -2.06. The first-order valence-corrected chi connectivity index (χ1v) is 5.84. The van der Waals surface area contributed by atoms with Gasteiger partial charge in [0.25, 0.3) is 0 Å². The molecular weight excluding hydrogens is 234 g/mol. The SMILES string of the molecule is COc1ccc(CC(=O)NCCOCCO)cc1. The van der Waals surface area contributed by atoms with Gasteiger partial charge in [-0.3, -0.25) is 4.79 Å². The Labute approximate surface area is 107 Å². The number of carbonyl (C=O) groups excluding carboxylic acids is 1. The van der Waals surface area contributed by atoms with E-state index in [-0.39, 0.29) is 12.5 Å². The van der Waals surface area contributed by atoms with Crippen LogP contribution in [0.2, 0.25) is 0 Å². The van der Waals surface area contributed by atoms with Gasteiger partial charge in [-0.15, -0.1) is 0 Å². The van der Waals surface area contributed by atoms with Crippen LogP contribution in [-0.4, -0.2) is 44.5 Å². The van der Waals surface area contributed by atoms with Crippen molar-refractivity contribution in [3.05, 3.63) is 29.8 Å². The van der Waals surface area contributed by atoms with Crippen LogP contribution in [0, 0.1) is 0 Å². The summed E-state index contributed by atoms with van der Waals surface area (Å²) in [7, 11) is 1.61. The van der Waals surface area contributed by atoms with Crippen LogP contribution >= 0.6 is 0 Å². The summed E-state index contributed by atoms with van der Waals surface area (Å²) in [5.74, 6) is 0.726. The van der Waals surface area contributed by atoms with Crippen molar-refractivity contribution in [2.75, 3.05) is 33.5 Å². The fraction of sp³-hybridized carbons (Fsp3) is 0.462. The zero-order valence-corrected chi connectivity index (χ0v) is 10.5. The van der Waals surface area contributed by atoms with E-state index in [0.29, 0.717) is 26.2 Å². The molecule has 0 spiro atoms. The normalized spacial score (nSPS) is 10.1. The highest BCUT2D eigenvalue weighted by molar-refractivity contribution is 5.78. The molecule has 0 aromatic heterocycles. The maximum Gasteiger partial charge on any atom is 0.224 e. The predicted octanol–water partition coefficient (Wildman–Crippen LogP) is 0.363. The number of aliphatic hydroxyl groups excluding tert-OH is 1. The van der Waals surface area contributed by atoms with Gasteiger partial charge in [0.1, 0.15) is 5.75 Å². The Morgan fingerprint density at radius 3 is 2.61 bits per heavy atom. The van der Waals surface area contributed by atoms with Crippen LogP contribution in [0.3, 0.4) is 0 Å². The minimum absolute atomic E-state index is 0.000204. The van der Waals surface area contributed by atoms with Gasteiger partial charge in [0.2, 0.25) is 5.91 Å². The molecule has 100 valence electrons. The summed E-state index contributed by atoms with van der Waals surface area (Å²) in [5.41, 5.74) is 0.935. The lowest BCUT2D eigenvalue weighted by Crippen LogP contribution is -2.28. The third-order valence-electron chi connectivity index (χ3n) is 2.33. The highest BCUT2D eigenvalue weighted by Gasteiger charge is 2.02. The van der Waals surface area contributed by atoms with Crippen LogP contribution in [-0.2, 0) is 16.0 Å². The summed E-state index contributed by atoms with van der Waals surface area (Å²) >= 11 is 0. The molecule has 0 heterocycles. The maximum absolute atomic E-state index is 11.6. The zero-order chi connectivity index (χ0) is 13.2. The molecule has 1 aromatic rings. The number of methoxy groups -OCH3 is 1. The largest absolute Gasteiger partial charge is 0.497 e. The summed E-state index contributed by atoms with van der Waals surface area (Å²) in [4.78, 5) is 11.6. The molecule has 0 aliphatic heterocycles. The van der Waals surface area contributed by atoms with Crippen LogP contribution in [0.25, 0.3) is 0 Å². The summed E-state index contributed by atoms with van der Waals surface area (Å²) < 4.78 is 10.1. The van der Waals surface area contributed by atoms with E-state index in [4.69, 9.17) is 14.6 Å². The standard InChI is InChI=1S/C13H19NO4/c1-17-12-4-2-11(3-5-12)10-13(16)14-6-8-18-9-7-15/h2-5,15H,6-10H2,1H3,(H,14,16). The first-order valence-electron chi connectivity index (χ1n) is 5.84. The van der Waals surface area contributed by atoms with E-state index in [1.54, 1.807) is 7.11 Å². The Bertz CT molecular complexity index is 351. The van der Waals surface area contributed by atoms with Crippen molar-refractivity contribution in [3.63, 3.8) is 0 Å². The monoisotopic (exact) mass is 253 g/mol. The smallest absolute Gasteiger partial charge is 0.224 e. The highest BCUT2D eigenvalue weighted by Crippen LogP contribution is 2.11. The second-order valence-corrected chi connectivity index (χ2v) is 3.71. The Kier molecular flexibility index (Phi) is 6.83. The Balaban J connectivity index is 2.22. The summed E-state index contributed by atoms with van der Waals surface area (Å²) in [6.45, 7) is 1.16. The van der Waals surface area contributed by atoms with E-state index in [1.165, 1.54) is 0 Å². The van der Waals surface area contributed by atoms with Crippen molar-refractivity contribution >= 4 is 5.91 Å². The predicted molar refractivity (Wildman–Crippen MR) is 67.6 cm³/mol. The highest BCUT2D eigenvalue weighted by atomic mass is 16.5. The fourth-order valence-corrected chi connectivity index (χ4v) is 1.42. The number of rotatable bonds is 8. The molecule has 18 heavy (non-hydrogen) atoms. The van der Waals surface area contributed by atoms with E-state index in [1.807, 2.05) is 24.3 Å². The molecule has 0 saturated carbocycles. The quantitative estimate of drug-likeness (QED) is 0.657. The number of aliphatic hydroxyl groups is 1. The third-order valence-corrected chi connectivity index (χ3v) is 2.33. The van der Waals surface area contributed by atoms with Gasteiger partial charge in [0, 0.05) is 6.54 Å². The summed E-state index contributed by atoms with van der Waals surface area (Å²) in [6, 6.07) is 7.38. The van der Waals surface area contributed by atoms with Gasteiger partial charge in [0.05, 0.1) is 33.4 Å². The van der Waals surface area contributed by atoms with Crippen molar-refractivity contribution in [2.45, 2.75) is 6.42 Å². The first-order chi connectivity index (χ1) is 8.76. The lowest BCUT2D eigenvalue weighted by atomic mass is 10.1. The van der Waals surface area contributed by atoms with Crippen LogP contribution in [0.1, 0.15) is 5.56 Å². The molecule has 0 aliphatic rings. The van der Waals surface area contributed by atoms with E-state index >= 15 is 0 Å². The van der Waals surface area contributed by atoms with Gasteiger partial charge in [-0.2, -0.15) is 0 Å². The molecule has 0 radical (unpaired) electrons. The average Bonchev–Trinajstić information content (AvgIpc) is 2.39. The van der Waals surface area contributed by atoms with Crippen molar-refractivity contribution in [1.82, 2.24) is 5.32 Å². The fourth-order valence-electron chi connectivity index (χ4n) is 1.42. The number of hydrogen-bond acceptors (Lipinski definition) is 4. The van der Waals surface area contributed by atoms with Crippen molar-refractivity contribution in [2.24, 2.45) is 0 Å². The molecule has 1 aromatic carbocycles. The summed E-state index contributed by atoms with van der Waals surface area (Å²) in [6.07, 6.45) is 0.337. The van der Waals surface area contributed by atoms with Crippen LogP contribution in [0.15, 0.2) is 24.3 Å². The second kappa shape index (κ2) is 8.49. The molecule has 1 amide bonds. The molecule has 0 aliphatic carbocycles. The molecule has 1 rings (SSSR count). The van der Waals surface area contributed by atoms with Crippen LogP contribution in [0.4, 0.5) is 0 Å². The zero-order valence-electron chi connectivity index (χ0n) is 10.5. The topological polar surface area (TPSA) is 67.8 Å². The number of nitrogens with one attached hydrogen (secondary N) is 1. The van der Waals surface area contributed by atoms with Crippen LogP contribution < -0.4 is 10.1 Å². The number of hydrogen-bond donors (Lipinski definition) is 2. The van der Waals surface area contributed by atoms with E-state index in [0.717, 1.165) is 11.3 Å².